The number of nitrogens with one attached hydrogen (secondary N) is 2. The molecule has 2 unspecified atom stereocenters. The number of H-pyrrole nitrogens is 1. The molecule has 2 saturated carbocycles. The van der Waals surface area contributed by atoms with Gasteiger partial charge in [0.15, 0.2) is 0 Å². The molecule has 0 saturated heterocycles. The lowest BCUT2D eigenvalue weighted by molar-refractivity contribution is -0.126. The quantitative estimate of drug-likeness (QED) is 0.884. The van der Waals surface area contributed by atoms with E-state index in [1.54, 1.807) is 0 Å². The zero-order chi connectivity index (χ0) is 16.4. The summed E-state index contributed by atoms with van der Waals surface area (Å²) in [5, 5.41) is 3.34. The van der Waals surface area contributed by atoms with Crippen molar-refractivity contribution in [2.75, 3.05) is 0 Å². The van der Waals surface area contributed by atoms with Crippen molar-refractivity contribution < 1.29 is 4.79 Å². The number of para-hydroxylation sites is 2. The molecule has 0 aliphatic heterocycles. The predicted octanol–water partition coefficient (Wildman–Crippen LogP) is 4.29. The van der Waals surface area contributed by atoms with Crippen LogP contribution in [0.3, 0.4) is 0 Å². The van der Waals surface area contributed by atoms with Gasteiger partial charge >= 0.3 is 0 Å². The van der Waals surface area contributed by atoms with Crippen LogP contribution in [0.15, 0.2) is 24.3 Å². The molecule has 1 amide bonds. The Balaban J connectivity index is 1.40. The SMILES string of the molecule is O=C(NC1CCCC(c2nc3ccccc3[nH]2)C1)C1CCCCC1. The first-order valence-corrected chi connectivity index (χ1v) is 9.54. The molecule has 1 aromatic heterocycles. The van der Waals surface area contributed by atoms with E-state index >= 15 is 0 Å². The Morgan fingerprint density at radius 2 is 1.88 bits per heavy atom. The average Bonchev–Trinajstić information content (AvgIpc) is 3.07. The molecule has 0 radical (unpaired) electrons. The molecule has 128 valence electrons. The number of carbonyl (C=O) groups excluding carboxylic acids is 1. The summed E-state index contributed by atoms with van der Waals surface area (Å²) in [4.78, 5) is 20.8. The maximum Gasteiger partial charge on any atom is 0.223 e. The average molecular weight is 325 g/mol. The van der Waals surface area contributed by atoms with E-state index in [-0.39, 0.29) is 5.92 Å². The van der Waals surface area contributed by atoms with E-state index in [0.29, 0.717) is 17.9 Å². The van der Waals surface area contributed by atoms with Crippen molar-refractivity contribution >= 4 is 16.9 Å². The largest absolute Gasteiger partial charge is 0.353 e. The summed E-state index contributed by atoms with van der Waals surface area (Å²) in [7, 11) is 0. The van der Waals surface area contributed by atoms with Gasteiger partial charge in [0.05, 0.1) is 11.0 Å². The van der Waals surface area contributed by atoms with Gasteiger partial charge in [0.25, 0.3) is 0 Å². The van der Waals surface area contributed by atoms with Gasteiger partial charge in [-0.2, -0.15) is 0 Å². The minimum atomic E-state index is 0.255. The Hall–Kier alpha value is -1.84. The first-order chi connectivity index (χ1) is 11.8. The summed E-state index contributed by atoms with van der Waals surface area (Å²) >= 11 is 0. The second-order valence-corrected chi connectivity index (χ2v) is 7.54. The molecule has 2 N–H and O–H groups in total. The van der Waals surface area contributed by atoms with E-state index in [9.17, 15) is 4.79 Å². The number of amides is 1. The number of imidazole rings is 1. The minimum Gasteiger partial charge on any atom is -0.353 e. The molecule has 2 aliphatic carbocycles. The molecule has 4 nitrogen and oxygen atoms in total. The van der Waals surface area contributed by atoms with Crippen LogP contribution < -0.4 is 5.32 Å². The maximum absolute atomic E-state index is 12.5. The fourth-order valence-electron chi connectivity index (χ4n) is 4.42. The van der Waals surface area contributed by atoms with Crippen LogP contribution in [0.2, 0.25) is 0 Å². The van der Waals surface area contributed by atoms with Crippen LogP contribution in [-0.2, 0) is 4.79 Å². The molecule has 4 rings (SSSR count). The zero-order valence-corrected chi connectivity index (χ0v) is 14.3. The van der Waals surface area contributed by atoms with Gasteiger partial charge in [-0.15, -0.1) is 0 Å². The van der Waals surface area contributed by atoms with Crippen LogP contribution in [0.25, 0.3) is 11.0 Å². The second kappa shape index (κ2) is 6.96. The number of aromatic nitrogens is 2. The van der Waals surface area contributed by atoms with Gasteiger partial charge in [0.1, 0.15) is 5.82 Å². The molecule has 2 aromatic rings. The van der Waals surface area contributed by atoms with Crippen molar-refractivity contribution in [3.8, 4) is 0 Å². The Bertz CT molecular complexity index is 669. The Morgan fingerprint density at radius 3 is 2.71 bits per heavy atom. The first-order valence-electron chi connectivity index (χ1n) is 9.54. The molecule has 1 aromatic carbocycles. The molecular weight excluding hydrogens is 298 g/mol. The fraction of sp³-hybridized carbons (Fsp3) is 0.600. The van der Waals surface area contributed by atoms with Crippen LogP contribution in [0, 0.1) is 5.92 Å². The molecule has 0 bridgehead atoms. The standard InChI is InChI=1S/C20H27N3O/c24-20(14-7-2-1-3-8-14)21-16-10-6-9-15(13-16)19-22-17-11-4-5-12-18(17)23-19/h4-5,11-12,14-16H,1-3,6-10,13H2,(H,21,24)(H,22,23). The second-order valence-electron chi connectivity index (χ2n) is 7.54. The Labute approximate surface area is 143 Å². The van der Waals surface area contributed by atoms with E-state index in [2.05, 4.69) is 22.4 Å². The van der Waals surface area contributed by atoms with Crippen molar-refractivity contribution in [3.63, 3.8) is 0 Å². The third-order valence-electron chi connectivity index (χ3n) is 5.79. The fourth-order valence-corrected chi connectivity index (χ4v) is 4.42. The van der Waals surface area contributed by atoms with Crippen LogP contribution >= 0.6 is 0 Å². The highest BCUT2D eigenvalue weighted by molar-refractivity contribution is 5.79. The lowest BCUT2D eigenvalue weighted by atomic mass is 9.84. The van der Waals surface area contributed by atoms with Crippen LogP contribution in [0.5, 0.6) is 0 Å². The number of nitrogens with zero attached hydrogens (tertiary/aromatic N) is 1. The van der Waals surface area contributed by atoms with Crippen LogP contribution in [0.1, 0.15) is 69.5 Å². The van der Waals surface area contributed by atoms with Crippen molar-refractivity contribution in [1.29, 1.82) is 0 Å². The molecule has 2 atom stereocenters. The molecule has 2 fully saturated rings. The summed E-state index contributed by atoms with van der Waals surface area (Å²) < 4.78 is 0. The topological polar surface area (TPSA) is 57.8 Å². The zero-order valence-electron chi connectivity index (χ0n) is 14.3. The van der Waals surface area contributed by atoms with Crippen molar-refractivity contribution in [1.82, 2.24) is 15.3 Å². The minimum absolute atomic E-state index is 0.255. The highest BCUT2D eigenvalue weighted by Gasteiger charge is 2.29. The summed E-state index contributed by atoms with van der Waals surface area (Å²) in [5.74, 6) is 2.07. The molecule has 2 aliphatic rings. The van der Waals surface area contributed by atoms with Gasteiger partial charge in [-0.25, -0.2) is 4.98 Å². The van der Waals surface area contributed by atoms with Crippen molar-refractivity contribution in [2.24, 2.45) is 5.92 Å². The smallest absolute Gasteiger partial charge is 0.223 e. The third kappa shape index (κ3) is 3.33. The van der Waals surface area contributed by atoms with E-state index in [1.165, 1.54) is 19.3 Å². The van der Waals surface area contributed by atoms with E-state index < -0.39 is 0 Å². The van der Waals surface area contributed by atoms with Gasteiger partial charge in [-0.05, 0) is 44.2 Å². The van der Waals surface area contributed by atoms with E-state index in [4.69, 9.17) is 4.98 Å². The van der Waals surface area contributed by atoms with Gasteiger partial charge in [-0.1, -0.05) is 37.8 Å². The van der Waals surface area contributed by atoms with Gasteiger partial charge in [0.2, 0.25) is 5.91 Å². The highest BCUT2D eigenvalue weighted by atomic mass is 16.1. The summed E-state index contributed by atoms with van der Waals surface area (Å²) in [6, 6.07) is 8.52. The lowest BCUT2D eigenvalue weighted by Crippen LogP contribution is -2.41. The molecule has 24 heavy (non-hydrogen) atoms. The summed E-state index contributed by atoms with van der Waals surface area (Å²) in [6.45, 7) is 0. The van der Waals surface area contributed by atoms with E-state index in [1.807, 2.05) is 12.1 Å². The number of carbonyl (C=O) groups is 1. The third-order valence-corrected chi connectivity index (χ3v) is 5.79. The number of hydrogen-bond donors (Lipinski definition) is 2. The highest BCUT2D eigenvalue weighted by Crippen LogP contribution is 2.33. The molecular formula is C20H27N3O. The number of aromatic amines is 1. The number of benzene rings is 1. The Morgan fingerprint density at radius 1 is 1.04 bits per heavy atom. The Kier molecular flexibility index (Phi) is 4.54. The number of fused-ring (bicyclic) bond motifs is 1. The summed E-state index contributed by atoms with van der Waals surface area (Å²) in [6.07, 6.45) is 10.3. The van der Waals surface area contributed by atoms with Crippen LogP contribution in [-0.4, -0.2) is 21.9 Å². The molecule has 4 heteroatoms. The molecule has 0 spiro atoms. The predicted molar refractivity (Wildman–Crippen MR) is 95.8 cm³/mol. The van der Waals surface area contributed by atoms with Gasteiger partial charge in [-0.3, -0.25) is 4.79 Å². The van der Waals surface area contributed by atoms with Crippen LogP contribution in [0.4, 0.5) is 0 Å². The van der Waals surface area contributed by atoms with E-state index in [0.717, 1.165) is 55.4 Å². The normalized spacial score (nSPS) is 25.7. The summed E-state index contributed by atoms with van der Waals surface area (Å²) in [5.41, 5.74) is 2.15. The molecule has 1 heterocycles. The first kappa shape index (κ1) is 15.7. The monoisotopic (exact) mass is 325 g/mol. The lowest BCUT2D eigenvalue weighted by Gasteiger charge is -2.30. The number of rotatable bonds is 3. The van der Waals surface area contributed by atoms with Crippen molar-refractivity contribution in [3.05, 3.63) is 30.1 Å². The van der Waals surface area contributed by atoms with Crippen molar-refractivity contribution in [2.45, 2.75) is 69.7 Å². The van der Waals surface area contributed by atoms with Gasteiger partial charge < -0.3 is 10.3 Å². The number of hydrogen-bond acceptors (Lipinski definition) is 2. The van der Waals surface area contributed by atoms with Gasteiger partial charge in [0, 0.05) is 17.9 Å². The maximum atomic E-state index is 12.5.